The Morgan fingerprint density at radius 3 is 2.66 bits per heavy atom. The van der Waals surface area contributed by atoms with E-state index in [1.54, 1.807) is 6.92 Å². The van der Waals surface area contributed by atoms with Gasteiger partial charge in [0.15, 0.2) is 5.82 Å². The summed E-state index contributed by atoms with van der Waals surface area (Å²) in [6.07, 6.45) is 6.53. The third-order valence-corrected chi connectivity index (χ3v) is 7.14. The quantitative estimate of drug-likeness (QED) is 0.793. The number of rotatable bonds is 3. The molecule has 8 nitrogen and oxygen atoms in total. The van der Waals surface area contributed by atoms with Crippen LogP contribution in [0.1, 0.15) is 83.2 Å². The van der Waals surface area contributed by atoms with Gasteiger partial charge in [0.25, 0.3) is 5.91 Å². The lowest BCUT2D eigenvalue weighted by molar-refractivity contribution is -0.129. The smallest absolute Gasteiger partial charge is 0.258 e. The van der Waals surface area contributed by atoms with Crippen molar-refractivity contribution in [3.63, 3.8) is 0 Å². The number of carbonyl (C=O) groups is 2. The number of likely N-dealkylation sites (tertiary alicyclic amines) is 1. The Morgan fingerprint density at radius 1 is 1.06 bits per heavy atom. The van der Waals surface area contributed by atoms with Crippen LogP contribution in [0.3, 0.4) is 0 Å². The maximum Gasteiger partial charge on any atom is 0.258 e. The summed E-state index contributed by atoms with van der Waals surface area (Å²) in [4.78, 5) is 39.1. The summed E-state index contributed by atoms with van der Waals surface area (Å²) in [6.45, 7) is 5.36. The number of fused-ring (bicyclic) bond motifs is 2. The molecule has 1 saturated heterocycles. The number of nitrogens with zero attached hydrogens (tertiary/aromatic N) is 4. The van der Waals surface area contributed by atoms with Gasteiger partial charge >= 0.3 is 0 Å². The van der Waals surface area contributed by atoms with Gasteiger partial charge in [-0.2, -0.15) is 0 Å². The molecule has 8 heteroatoms. The molecule has 0 bridgehead atoms. The monoisotopic (exact) mass is 437 g/mol. The first-order valence-electron chi connectivity index (χ1n) is 11.7. The number of amides is 2. The van der Waals surface area contributed by atoms with E-state index in [1.807, 2.05) is 23.8 Å². The molecule has 32 heavy (non-hydrogen) atoms. The molecule has 0 aromatic carbocycles. The number of hydrogen-bond donors (Lipinski definition) is 1. The van der Waals surface area contributed by atoms with Crippen LogP contribution in [0.4, 0.5) is 5.82 Å². The molecule has 1 aliphatic carbocycles. The maximum absolute atomic E-state index is 13.7. The highest BCUT2D eigenvalue weighted by Gasteiger charge is 2.37. The van der Waals surface area contributed by atoms with Crippen LogP contribution in [-0.4, -0.2) is 51.7 Å². The first-order chi connectivity index (χ1) is 15.5. The van der Waals surface area contributed by atoms with E-state index < -0.39 is 0 Å². The molecule has 2 aliphatic heterocycles. The maximum atomic E-state index is 13.7. The minimum Gasteiger partial charge on any atom is -0.465 e. The summed E-state index contributed by atoms with van der Waals surface area (Å²) in [6, 6.07) is -0.166. The van der Waals surface area contributed by atoms with Gasteiger partial charge in [-0.05, 0) is 45.4 Å². The summed E-state index contributed by atoms with van der Waals surface area (Å²) in [5, 5.41) is 3.21. The van der Waals surface area contributed by atoms with E-state index in [1.165, 1.54) is 0 Å². The normalized spacial score (nSPS) is 20.2. The van der Waals surface area contributed by atoms with Gasteiger partial charge in [-0.1, -0.05) is 0 Å². The second-order valence-corrected chi connectivity index (χ2v) is 9.09. The average Bonchev–Trinajstić information content (AvgIpc) is 3.41. The Balaban J connectivity index is 1.49. The fraction of sp³-hybridized carbons (Fsp3) is 0.583. The SMILES string of the molecule is CNc1nc([C@H]2CCCN2C(=O)c2c(C)oc3c2CCCC3)nc2c1CCN(C(C)=O)C2. The minimum absolute atomic E-state index is 0.0367. The van der Waals surface area contributed by atoms with Crippen LogP contribution in [0.15, 0.2) is 4.42 Å². The molecule has 4 heterocycles. The number of carbonyl (C=O) groups excluding carboxylic acids is 2. The lowest BCUT2D eigenvalue weighted by atomic mass is 9.94. The average molecular weight is 438 g/mol. The highest BCUT2D eigenvalue weighted by atomic mass is 16.3. The summed E-state index contributed by atoms with van der Waals surface area (Å²) >= 11 is 0. The fourth-order valence-electron chi connectivity index (χ4n) is 5.48. The lowest BCUT2D eigenvalue weighted by Crippen LogP contribution is -2.36. The molecular formula is C24H31N5O3. The van der Waals surface area contributed by atoms with Crippen molar-refractivity contribution in [1.29, 1.82) is 0 Å². The van der Waals surface area contributed by atoms with Crippen molar-refractivity contribution in [2.75, 3.05) is 25.5 Å². The standard InChI is InChI=1S/C24H31N5O3/c1-14-21(17-7-4-5-9-20(17)32-14)24(31)29-11-6-8-19(29)23-26-18-13-28(15(2)30)12-10-16(18)22(25-3)27-23/h19H,4-13H2,1-3H3,(H,25,26,27)/t19-/m1/s1. The third kappa shape index (κ3) is 3.45. The Bertz CT molecular complexity index is 1080. The molecule has 0 unspecified atom stereocenters. The van der Waals surface area contributed by atoms with Crippen molar-refractivity contribution in [1.82, 2.24) is 19.8 Å². The molecule has 170 valence electrons. The molecule has 1 N–H and O–H groups in total. The predicted molar refractivity (Wildman–Crippen MR) is 119 cm³/mol. The van der Waals surface area contributed by atoms with Gasteiger partial charge in [-0.3, -0.25) is 9.59 Å². The van der Waals surface area contributed by atoms with Crippen molar-refractivity contribution in [2.24, 2.45) is 0 Å². The molecule has 2 amide bonds. The van der Waals surface area contributed by atoms with Gasteiger partial charge in [0, 0.05) is 44.6 Å². The van der Waals surface area contributed by atoms with Gasteiger partial charge < -0.3 is 19.5 Å². The number of hydrogen-bond acceptors (Lipinski definition) is 6. The molecule has 0 radical (unpaired) electrons. The zero-order valence-electron chi connectivity index (χ0n) is 19.2. The molecule has 2 aromatic heterocycles. The minimum atomic E-state index is -0.166. The van der Waals surface area contributed by atoms with Crippen LogP contribution in [-0.2, 0) is 30.6 Å². The summed E-state index contributed by atoms with van der Waals surface area (Å²) in [5.74, 6) is 3.28. The molecule has 0 saturated carbocycles. The van der Waals surface area contributed by atoms with Crippen LogP contribution in [0.25, 0.3) is 0 Å². The zero-order valence-corrected chi connectivity index (χ0v) is 19.2. The molecule has 1 atom stereocenters. The molecule has 0 spiro atoms. The third-order valence-electron chi connectivity index (χ3n) is 7.14. The van der Waals surface area contributed by atoms with E-state index in [2.05, 4.69) is 5.32 Å². The molecule has 1 fully saturated rings. The van der Waals surface area contributed by atoms with E-state index in [9.17, 15) is 9.59 Å². The first-order valence-corrected chi connectivity index (χ1v) is 11.7. The van der Waals surface area contributed by atoms with Crippen molar-refractivity contribution in [2.45, 2.75) is 71.4 Å². The van der Waals surface area contributed by atoms with E-state index >= 15 is 0 Å². The Labute approximate surface area is 188 Å². The Morgan fingerprint density at radius 2 is 1.88 bits per heavy atom. The molecule has 5 rings (SSSR count). The molecule has 2 aromatic rings. The van der Waals surface area contributed by atoms with Gasteiger partial charge in [0.2, 0.25) is 5.91 Å². The van der Waals surface area contributed by atoms with Crippen molar-refractivity contribution >= 4 is 17.6 Å². The van der Waals surface area contributed by atoms with Gasteiger partial charge in [0.05, 0.1) is 23.8 Å². The number of nitrogens with one attached hydrogen (secondary N) is 1. The number of anilines is 1. The predicted octanol–water partition coefficient (Wildman–Crippen LogP) is 3.18. The number of aryl methyl sites for hydroxylation is 2. The van der Waals surface area contributed by atoms with Crippen molar-refractivity contribution in [3.8, 4) is 0 Å². The molecular weight excluding hydrogens is 406 g/mol. The summed E-state index contributed by atoms with van der Waals surface area (Å²) < 4.78 is 5.98. The first kappa shape index (κ1) is 21.0. The van der Waals surface area contributed by atoms with Crippen molar-refractivity contribution in [3.05, 3.63) is 39.7 Å². The van der Waals surface area contributed by atoms with Gasteiger partial charge in [-0.15, -0.1) is 0 Å². The van der Waals surface area contributed by atoms with Crippen molar-refractivity contribution < 1.29 is 14.0 Å². The van der Waals surface area contributed by atoms with E-state index in [0.717, 1.165) is 84.7 Å². The fourth-order valence-corrected chi connectivity index (χ4v) is 5.48. The van der Waals surface area contributed by atoms with E-state index in [-0.39, 0.29) is 17.9 Å². The summed E-state index contributed by atoms with van der Waals surface area (Å²) in [7, 11) is 1.86. The number of aromatic nitrogens is 2. The highest BCUT2D eigenvalue weighted by Crippen LogP contribution is 2.37. The lowest BCUT2D eigenvalue weighted by Gasteiger charge is -2.30. The van der Waals surface area contributed by atoms with Crippen LogP contribution in [0.5, 0.6) is 0 Å². The summed E-state index contributed by atoms with van der Waals surface area (Å²) in [5.41, 5.74) is 3.81. The topological polar surface area (TPSA) is 91.6 Å². The van der Waals surface area contributed by atoms with Crippen LogP contribution in [0.2, 0.25) is 0 Å². The Kier molecular flexibility index (Phi) is 5.39. The van der Waals surface area contributed by atoms with E-state index in [0.29, 0.717) is 25.5 Å². The van der Waals surface area contributed by atoms with Gasteiger partial charge in [-0.25, -0.2) is 9.97 Å². The van der Waals surface area contributed by atoms with Crippen LogP contribution in [0, 0.1) is 6.92 Å². The van der Waals surface area contributed by atoms with Crippen LogP contribution >= 0.6 is 0 Å². The number of furan rings is 1. The second-order valence-electron chi connectivity index (χ2n) is 9.09. The highest BCUT2D eigenvalue weighted by molar-refractivity contribution is 5.97. The Hall–Kier alpha value is -2.90. The largest absolute Gasteiger partial charge is 0.465 e. The second kappa shape index (κ2) is 8.22. The van der Waals surface area contributed by atoms with E-state index in [4.69, 9.17) is 14.4 Å². The van der Waals surface area contributed by atoms with Crippen LogP contribution < -0.4 is 5.32 Å². The van der Waals surface area contributed by atoms with Gasteiger partial charge in [0.1, 0.15) is 17.3 Å². The molecule has 3 aliphatic rings. The zero-order chi connectivity index (χ0) is 22.4.